The summed E-state index contributed by atoms with van der Waals surface area (Å²) in [5.41, 5.74) is 1.77. The van der Waals surface area contributed by atoms with Crippen LogP contribution in [0.2, 0.25) is 0 Å². The molecule has 0 spiro atoms. The Bertz CT molecular complexity index is 409. The van der Waals surface area contributed by atoms with E-state index in [1.54, 1.807) is 0 Å². The van der Waals surface area contributed by atoms with E-state index in [4.69, 9.17) is 0 Å². The van der Waals surface area contributed by atoms with Gasteiger partial charge in [0.25, 0.3) is 0 Å². The Morgan fingerprint density at radius 3 is 2.58 bits per heavy atom. The second-order valence-corrected chi connectivity index (χ2v) is 6.43. The minimum absolute atomic E-state index is 0.298. The van der Waals surface area contributed by atoms with Crippen molar-refractivity contribution in [3.05, 3.63) is 35.9 Å². The quantitative estimate of drug-likeness (QED) is 0.693. The molecule has 0 N–H and O–H groups in total. The van der Waals surface area contributed by atoms with E-state index in [2.05, 4.69) is 44.2 Å². The van der Waals surface area contributed by atoms with Crippen LogP contribution in [-0.2, 0) is 4.79 Å². The maximum atomic E-state index is 11.4. The third-order valence-corrected chi connectivity index (χ3v) is 4.73. The maximum Gasteiger partial charge on any atom is 0.133 e. The molecule has 0 radical (unpaired) electrons. The summed E-state index contributed by atoms with van der Waals surface area (Å²) in [6.45, 7) is 4.57. The molecule has 19 heavy (non-hydrogen) atoms. The Morgan fingerprint density at radius 1 is 1.26 bits per heavy atom. The minimum Gasteiger partial charge on any atom is -0.300 e. The van der Waals surface area contributed by atoms with Gasteiger partial charge in [-0.15, -0.1) is 0 Å². The predicted octanol–water partition coefficient (Wildman–Crippen LogP) is 5.11. The second kappa shape index (κ2) is 6.36. The van der Waals surface area contributed by atoms with Crippen LogP contribution in [0.5, 0.6) is 0 Å². The Kier molecular flexibility index (Phi) is 4.79. The van der Waals surface area contributed by atoms with Gasteiger partial charge in [-0.25, -0.2) is 0 Å². The Hall–Kier alpha value is -1.11. The van der Waals surface area contributed by atoms with E-state index in [1.165, 1.54) is 31.2 Å². The van der Waals surface area contributed by atoms with Crippen LogP contribution in [0.1, 0.15) is 70.3 Å². The summed E-state index contributed by atoms with van der Waals surface area (Å²) in [6.07, 6.45) is 7.65. The summed E-state index contributed by atoms with van der Waals surface area (Å²) in [6, 6.07) is 10.8. The Labute approximate surface area is 117 Å². The van der Waals surface area contributed by atoms with E-state index in [9.17, 15) is 4.79 Å². The number of carbonyl (C=O) groups excluding carboxylic acids is 1. The van der Waals surface area contributed by atoms with Crippen LogP contribution in [0.4, 0.5) is 0 Å². The van der Waals surface area contributed by atoms with Gasteiger partial charge < -0.3 is 0 Å². The van der Waals surface area contributed by atoms with Crippen molar-refractivity contribution in [3.8, 4) is 0 Å². The Morgan fingerprint density at radius 2 is 2.00 bits per heavy atom. The van der Waals surface area contributed by atoms with Gasteiger partial charge in [-0.1, -0.05) is 50.6 Å². The molecule has 0 saturated heterocycles. The molecule has 0 bridgehead atoms. The van der Waals surface area contributed by atoms with E-state index in [0.717, 1.165) is 19.3 Å². The molecule has 0 aromatic heterocycles. The molecule has 1 aliphatic carbocycles. The van der Waals surface area contributed by atoms with E-state index in [1.807, 2.05) is 0 Å². The summed E-state index contributed by atoms with van der Waals surface area (Å²) in [4.78, 5) is 11.4. The molecule has 1 heteroatoms. The van der Waals surface area contributed by atoms with Crippen molar-refractivity contribution >= 4 is 5.78 Å². The third kappa shape index (κ3) is 3.92. The molecule has 0 heterocycles. The van der Waals surface area contributed by atoms with Crippen LogP contribution < -0.4 is 0 Å². The fourth-order valence-electron chi connectivity index (χ4n) is 3.41. The van der Waals surface area contributed by atoms with Gasteiger partial charge in [0.15, 0.2) is 0 Å². The van der Waals surface area contributed by atoms with Crippen LogP contribution in [-0.4, -0.2) is 5.78 Å². The molecular weight excluding hydrogens is 232 g/mol. The van der Waals surface area contributed by atoms with Gasteiger partial charge >= 0.3 is 0 Å². The molecule has 0 amide bonds. The number of carbonyl (C=O) groups is 1. The van der Waals surface area contributed by atoms with Gasteiger partial charge in [0.05, 0.1) is 0 Å². The van der Waals surface area contributed by atoms with Crippen molar-refractivity contribution in [3.63, 3.8) is 0 Å². The lowest BCUT2D eigenvalue weighted by atomic mass is 9.81. The standard InChI is InChI=1S/C18H26O/c1-3-15(16-8-5-4-6-9-16)10-7-12-18(2)13-11-17(19)14-18/h4-6,8-9,15H,3,7,10-14H2,1-2H3/t15?,18-/m1/s1. The summed E-state index contributed by atoms with van der Waals surface area (Å²) in [5, 5.41) is 0. The smallest absolute Gasteiger partial charge is 0.133 e. The van der Waals surface area contributed by atoms with Gasteiger partial charge in [-0.05, 0) is 42.6 Å². The average molecular weight is 258 g/mol. The molecule has 1 unspecified atom stereocenters. The van der Waals surface area contributed by atoms with E-state index >= 15 is 0 Å². The maximum absolute atomic E-state index is 11.4. The molecule has 1 aromatic rings. The molecule has 104 valence electrons. The normalized spacial score (nSPS) is 24.6. The first-order valence-corrected chi connectivity index (χ1v) is 7.69. The largest absolute Gasteiger partial charge is 0.300 e. The molecule has 1 saturated carbocycles. The highest BCUT2D eigenvalue weighted by atomic mass is 16.1. The van der Waals surface area contributed by atoms with Crippen molar-refractivity contribution in [1.29, 1.82) is 0 Å². The van der Waals surface area contributed by atoms with Crippen molar-refractivity contribution in [2.45, 2.75) is 64.7 Å². The fraction of sp³-hybridized carbons (Fsp3) is 0.611. The van der Waals surface area contributed by atoms with E-state index in [-0.39, 0.29) is 0 Å². The number of benzene rings is 1. The number of Topliss-reactive ketones (excluding diaryl/α,β-unsaturated/α-hetero) is 1. The van der Waals surface area contributed by atoms with Gasteiger partial charge in [0, 0.05) is 12.8 Å². The topological polar surface area (TPSA) is 17.1 Å². The summed E-state index contributed by atoms with van der Waals surface area (Å²) in [7, 11) is 0. The first-order chi connectivity index (χ1) is 9.13. The molecule has 1 nitrogen and oxygen atoms in total. The number of hydrogen-bond donors (Lipinski definition) is 0. The monoisotopic (exact) mass is 258 g/mol. The zero-order valence-corrected chi connectivity index (χ0v) is 12.3. The summed E-state index contributed by atoms with van der Waals surface area (Å²) < 4.78 is 0. The second-order valence-electron chi connectivity index (χ2n) is 6.43. The van der Waals surface area contributed by atoms with Crippen molar-refractivity contribution in [1.82, 2.24) is 0 Å². The van der Waals surface area contributed by atoms with E-state index in [0.29, 0.717) is 17.1 Å². The number of ketones is 1. The van der Waals surface area contributed by atoms with Crippen molar-refractivity contribution < 1.29 is 4.79 Å². The van der Waals surface area contributed by atoms with Crippen LogP contribution in [0.25, 0.3) is 0 Å². The van der Waals surface area contributed by atoms with E-state index < -0.39 is 0 Å². The van der Waals surface area contributed by atoms with Crippen LogP contribution in [0, 0.1) is 5.41 Å². The summed E-state index contributed by atoms with van der Waals surface area (Å²) >= 11 is 0. The van der Waals surface area contributed by atoms with Gasteiger partial charge in [-0.2, -0.15) is 0 Å². The fourth-order valence-corrected chi connectivity index (χ4v) is 3.41. The first-order valence-electron chi connectivity index (χ1n) is 7.69. The molecule has 0 aliphatic heterocycles. The molecule has 2 atom stereocenters. The molecule has 1 fully saturated rings. The third-order valence-electron chi connectivity index (χ3n) is 4.73. The number of hydrogen-bond acceptors (Lipinski definition) is 1. The molecule has 2 rings (SSSR count). The lowest BCUT2D eigenvalue weighted by Crippen LogP contribution is -2.12. The summed E-state index contributed by atoms with van der Waals surface area (Å²) in [5.74, 6) is 1.15. The predicted molar refractivity (Wildman–Crippen MR) is 80.3 cm³/mol. The SMILES string of the molecule is CCC(CCC[C@]1(C)CCC(=O)C1)c1ccccc1. The van der Waals surface area contributed by atoms with Gasteiger partial charge in [0.1, 0.15) is 5.78 Å². The zero-order valence-electron chi connectivity index (χ0n) is 12.3. The lowest BCUT2D eigenvalue weighted by Gasteiger charge is -2.24. The highest BCUT2D eigenvalue weighted by Gasteiger charge is 2.33. The Balaban J connectivity index is 1.83. The first kappa shape index (κ1) is 14.3. The van der Waals surface area contributed by atoms with Crippen LogP contribution >= 0.6 is 0 Å². The average Bonchev–Trinajstić information content (AvgIpc) is 2.76. The zero-order chi connectivity index (χ0) is 13.7. The minimum atomic E-state index is 0.298. The van der Waals surface area contributed by atoms with Crippen LogP contribution in [0.15, 0.2) is 30.3 Å². The van der Waals surface area contributed by atoms with Gasteiger partial charge in [0.2, 0.25) is 0 Å². The molecule has 1 aliphatic rings. The highest BCUT2D eigenvalue weighted by molar-refractivity contribution is 5.81. The number of rotatable bonds is 6. The van der Waals surface area contributed by atoms with Crippen molar-refractivity contribution in [2.75, 3.05) is 0 Å². The molecule has 1 aromatic carbocycles. The molecular formula is C18H26O. The highest BCUT2D eigenvalue weighted by Crippen LogP contribution is 2.40. The van der Waals surface area contributed by atoms with Crippen LogP contribution in [0.3, 0.4) is 0 Å². The van der Waals surface area contributed by atoms with Crippen molar-refractivity contribution in [2.24, 2.45) is 5.41 Å². The van der Waals surface area contributed by atoms with Gasteiger partial charge in [-0.3, -0.25) is 4.79 Å². The lowest BCUT2D eigenvalue weighted by molar-refractivity contribution is -0.118.